The van der Waals surface area contributed by atoms with Crippen molar-refractivity contribution in [3.05, 3.63) is 23.4 Å². The fraction of sp³-hybridized carbons (Fsp3) is 0.636. The Labute approximate surface area is 93.0 Å². The summed E-state index contributed by atoms with van der Waals surface area (Å²) in [5.74, 6) is 0.487. The molecule has 1 rings (SSSR count). The number of allylic oxidation sites excluding steroid dienone is 3. The zero-order valence-electron chi connectivity index (χ0n) is 9.54. The third-order valence-electron chi connectivity index (χ3n) is 2.94. The second kappa shape index (κ2) is 4.49. The Hall–Kier alpha value is -0.970. The number of rotatable bonds is 2. The topological polar surface area (TPSA) is 23.5 Å². The third-order valence-corrected chi connectivity index (χ3v) is 2.94. The molecule has 0 spiro atoms. The molecular weight excluding hydrogens is 219 g/mol. The van der Waals surface area contributed by atoms with Crippen molar-refractivity contribution < 1.29 is 18.4 Å². The second-order valence-electron chi connectivity index (χ2n) is 4.38. The van der Waals surface area contributed by atoms with Crippen LogP contribution in [0.1, 0.15) is 20.8 Å². The lowest BCUT2D eigenvalue weighted by molar-refractivity contribution is -0.163. The van der Waals surface area contributed by atoms with Gasteiger partial charge in [0, 0.05) is 0 Å². The van der Waals surface area contributed by atoms with Gasteiger partial charge in [-0.15, -0.1) is 0 Å². The van der Waals surface area contributed by atoms with Crippen LogP contribution in [0.5, 0.6) is 0 Å². The van der Waals surface area contributed by atoms with E-state index in [0.29, 0.717) is 5.92 Å². The van der Waals surface area contributed by atoms with Crippen LogP contribution in [0.15, 0.2) is 23.4 Å². The molecule has 0 saturated heterocycles. The molecule has 0 fully saturated rings. The molecule has 1 aliphatic rings. The quantitative estimate of drug-likeness (QED) is 0.793. The third kappa shape index (κ3) is 2.78. The molecule has 1 atom stereocenters. The summed E-state index contributed by atoms with van der Waals surface area (Å²) in [5.41, 5.74) is -0.197. The lowest BCUT2D eigenvalue weighted by atomic mass is 9.88. The molecule has 1 heterocycles. The van der Waals surface area contributed by atoms with E-state index in [1.165, 1.54) is 6.08 Å². The van der Waals surface area contributed by atoms with Crippen LogP contribution >= 0.6 is 0 Å². The van der Waals surface area contributed by atoms with Crippen LogP contribution in [-0.2, 0) is 0 Å². The van der Waals surface area contributed by atoms with Gasteiger partial charge in [0.15, 0.2) is 0 Å². The van der Waals surface area contributed by atoms with Gasteiger partial charge in [-0.05, 0) is 23.5 Å². The smallest absolute Gasteiger partial charge is 0.288 e. The maximum atomic E-state index is 12.4. The van der Waals surface area contributed by atoms with Gasteiger partial charge < -0.3 is 0 Å². The van der Waals surface area contributed by atoms with Gasteiger partial charge in [-0.2, -0.15) is 13.2 Å². The number of nitrogens with zero attached hydrogens (tertiary/aromatic N) is 1. The normalized spacial score (nSPS) is 19.6. The van der Waals surface area contributed by atoms with Crippen molar-refractivity contribution >= 4 is 0 Å². The summed E-state index contributed by atoms with van der Waals surface area (Å²) in [6.45, 7) is 5.86. The first kappa shape index (κ1) is 13.1. The van der Waals surface area contributed by atoms with E-state index in [2.05, 4.69) is 0 Å². The molecule has 2 nitrogen and oxygen atoms in total. The summed E-state index contributed by atoms with van der Waals surface area (Å²) in [5, 5.41) is 9.58. The van der Waals surface area contributed by atoms with Crippen LogP contribution < -0.4 is 0 Å². The largest absolute Gasteiger partial charge is 0.433 e. The molecule has 0 aromatic carbocycles. The Morgan fingerprint density at radius 2 is 1.81 bits per heavy atom. The number of alkyl halides is 3. The molecule has 92 valence electrons. The predicted molar refractivity (Wildman–Crippen MR) is 54.7 cm³/mol. The SMILES string of the molecule is CC(C)[C@H](C)C1=CC=C(C(F)(F)F)N(O)C1. The summed E-state index contributed by atoms with van der Waals surface area (Å²) < 4.78 is 37.1. The van der Waals surface area contributed by atoms with Gasteiger partial charge in [-0.1, -0.05) is 26.8 Å². The molecule has 0 unspecified atom stereocenters. The van der Waals surface area contributed by atoms with Gasteiger partial charge in [0.25, 0.3) is 0 Å². The molecule has 1 aliphatic heterocycles. The first-order chi connectivity index (χ1) is 7.23. The predicted octanol–water partition coefficient (Wildman–Crippen LogP) is 3.36. The highest BCUT2D eigenvalue weighted by molar-refractivity contribution is 5.27. The molecular formula is C11H16F3NO. The monoisotopic (exact) mass is 235 g/mol. The number of halogens is 3. The molecule has 0 aromatic heterocycles. The Morgan fingerprint density at radius 3 is 2.19 bits per heavy atom. The first-order valence-corrected chi connectivity index (χ1v) is 5.18. The number of hydrogen-bond acceptors (Lipinski definition) is 2. The lowest BCUT2D eigenvalue weighted by Crippen LogP contribution is -2.34. The molecule has 0 aromatic rings. The Bertz CT molecular complexity index is 318. The lowest BCUT2D eigenvalue weighted by Gasteiger charge is -2.29. The van der Waals surface area contributed by atoms with E-state index in [1.54, 1.807) is 0 Å². The number of hydrogen-bond donors (Lipinski definition) is 1. The van der Waals surface area contributed by atoms with E-state index in [-0.39, 0.29) is 17.5 Å². The maximum Gasteiger partial charge on any atom is 0.433 e. The Morgan fingerprint density at radius 1 is 1.25 bits per heavy atom. The highest BCUT2D eigenvalue weighted by atomic mass is 19.4. The van der Waals surface area contributed by atoms with Gasteiger partial charge in [0.05, 0.1) is 6.54 Å². The summed E-state index contributed by atoms with van der Waals surface area (Å²) >= 11 is 0. The van der Waals surface area contributed by atoms with Crippen molar-refractivity contribution in [3.8, 4) is 0 Å². The Kier molecular flexibility index (Phi) is 3.68. The standard InChI is InChI=1S/C11H16F3NO/c1-7(2)8(3)9-4-5-10(11(12,13)14)15(16)6-9/h4-5,7-8,16H,6H2,1-3H3/t8-/m0/s1. The van der Waals surface area contributed by atoms with Crippen LogP contribution in [-0.4, -0.2) is 23.0 Å². The summed E-state index contributed by atoms with van der Waals surface area (Å²) in [4.78, 5) is 0. The minimum atomic E-state index is -4.50. The first-order valence-electron chi connectivity index (χ1n) is 5.18. The Balaban J connectivity index is 2.91. The highest BCUT2D eigenvalue weighted by Gasteiger charge is 2.39. The van der Waals surface area contributed by atoms with E-state index >= 15 is 0 Å². The summed E-state index contributed by atoms with van der Waals surface area (Å²) in [6.07, 6.45) is -2.12. The van der Waals surface area contributed by atoms with Crippen molar-refractivity contribution in [1.82, 2.24) is 5.06 Å². The molecule has 0 radical (unpaired) electrons. The molecule has 0 bridgehead atoms. The molecule has 16 heavy (non-hydrogen) atoms. The van der Waals surface area contributed by atoms with Crippen LogP contribution in [0.25, 0.3) is 0 Å². The van der Waals surface area contributed by atoms with Crippen molar-refractivity contribution in [2.75, 3.05) is 6.54 Å². The average molecular weight is 235 g/mol. The van der Waals surface area contributed by atoms with Crippen LogP contribution in [0.3, 0.4) is 0 Å². The van der Waals surface area contributed by atoms with E-state index in [0.717, 1.165) is 11.6 Å². The summed E-state index contributed by atoms with van der Waals surface area (Å²) in [7, 11) is 0. The second-order valence-corrected chi connectivity index (χ2v) is 4.38. The zero-order valence-corrected chi connectivity index (χ0v) is 9.54. The minimum Gasteiger partial charge on any atom is -0.288 e. The van der Waals surface area contributed by atoms with E-state index in [1.807, 2.05) is 20.8 Å². The van der Waals surface area contributed by atoms with Crippen molar-refractivity contribution in [2.24, 2.45) is 11.8 Å². The van der Waals surface area contributed by atoms with E-state index < -0.39 is 11.9 Å². The van der Waals surface area contributed by atoms with Crippen molar-refractivity contribution in [1.29, 1.82) is 0 Å². The van der Waals surface area contributed by atoms with E-state index in [4.69, 9.17) is 0 Å². The fourth-order valence-electron chi connectivity index (χ4n) is 1.55. The molecule has 1 N–H and O–H groups in total. The van der Waals surface area contributed by atoms with Gasteiger partial charge in [-0.25, -0.2) is 5.06 Å². The van der Waals surface area contributed by atoms with Crippen LogP contribution in [0.4, 0.5) is 13.2 Å². The molecule has 0 amide bonds. The van der Waals surface area contributed by atoms with Crippen molar-refractivity contribution in [3.63, 3.8) is 0 Å². The average Bonchev–Trinajstić information content (AvgIpc) is 2.14. The fourth-order valence-corrected chi connectivity index (χ4v) is 1.55. The molecule has 5 heteroatoms. The minimum absolute atomic E-state index is 0.0787. The zero-order chi connectivity index (χ0) is 12.5. The number of hydroxylamine groups is 2. The molecule has 0 saturated carbocycles. The van der Waals surface area contributed by atoms with Gasteiger partial charge >= 0.3 is 6.18 Å². The van der Waals surface area contributed by atoms with Gasteiger partial charge in [0.1, 0.15) is 5.70 Å². The highest BCUT2D eigenvalue weighted by Crippen LogP contribution is 2.32. The van der Waals surface area contributed by atoms with Gasteiger partial charge in [-0.3, -0.25) is 5.21 Å². The van der Waals surface area contributed by atoms with Gasteiger partial charge in [0.2, 0.25) is 0 Å². The maximum absolute atomic E-state index is 12.4. The van der Waals surface area contributed by atoms with E-state index in [9.17, 15) is 18.4 Å². The summed E-state index contributed by atoms with van der Waals surface area (Å²) in [6, 6.07) is 0. The van der Waals surface area contributed by atoms with Crippen LogP contribution in [0, 0.1) is 11.8 Å². The van der Waals surface area contributed by atoms with Crippen LogP contribution in [0.2, 0.25) is 0 Å². The molecule has 0 aliphatic carbocycles. The van der Waals surface area contributed by atoms with Crippen molar-refractivity contribution in [2.45, 2.75) is 26.9 Å².